The monoisotopic (exact) mass is 516 g/mol. The lowest BCUT2D eigenvalue weighted by Crippen LogP contribution is -2.43. The molecule has 0 saturated heterocycles. The molecule has 3 heterocycles. The van der Waals surface area contributed by atoms with Crippen LogP contribution in [-0.4, -0.2) is 79.4 Å². The Labute approximate surface area is 212 Å². The van der Waals surface area contributed by atoms with E-state index in [0.717, 1.165) is 16.1 Å². The molecule has 0 N–H and O–H groups in total. The quantitative estimate of drug-likeness (QED) is 0.445. The van der Waals surface area contributed by atoms with Crippen molar-refractivity contribution in [2.75, 3.05) is 51.8 Å². The molecule has 0 aliphatic carbocycles. The van der Waals surface area contributed by atoms with Gasteiger partial charge in [-0.3, -0.25) is 24.2 Å². The summed E-state index contributed by atoms with van der Waals surface area (Å²) < 4.78 is 12.2. The predicted molar refractivity (Wildman–Crippen MR) is 135 cm³/mol. The van der Waals surface area contributed by atoms with Gasteiger partial charge in [-0.1, -0.05) is 23.5 Å². The van der Waals surface area contributed by atoms with Crippen molar-refractivity contribution in [2.24, 2.45) is 0 Å². The summed E-state index contributed by atoms with van der Waals surface area (Å²) in [5.74, 6) is 0.0316. The second kappa shape index (κ2) is 10.2. The highest BCUT2D eigenvalue weighted by Gasteiger charge is 2.37. The fourth-order valence-corrected chi connectivity index (χ4v) is 5.06. The number of thiazole rings is 1. The molecule has 1 aromatic heterocycles. The van der Waals surface area contributed by atoms with E-state index in [4.69, 9.17) is 9.47 Å². The first-order valence-corrected chi connectivity index (χ1v) is 11.8. The predicted octanol–water partition coefficient (Wildman–Crippen LogP) is 3.07. The molecule has 0 unspecified atom stereocenters. The number of hydrogen-bond acceptors (Lipinski definition) is 8. The number of rotatable bonds is 7. The largest absolute Gasteiger partial charge is 0.486 e. The number of amides is 3. The summed E-state index contributed by atoms with van der Waals surface area (Å²) in [6.07, 6.45) is 0.708. The van der Waals surface area contributed by atoms with Gasteiger partial charge in [0.2, 0.25) is 5.91 Å². The SMILES string of the molecule is CN(C)CCCN(C(=O)CN1C(=O)c2ccccc2C1=O)c1nc2cc3c(cc2s1)OCCO3.Cl. The van der Waals surface area contributed by atoms with E-state index in [1.165, 1.54) is 11.3 Å². The van der Waals surface area contributed by atoms with E-state index in [0.29, 0.717) is 59.5 Å². The summed E-state index contributed by atoms with van der Waals surface area (Å²) in [5.41, 5.74) is 1.35. The number of imide groups is 1. The summed E-state index contributed by atoms with van der Waals surface area (Å²) >= 11 is 1.37. The smallest absolute Gasteiger partial charge is 0.262 e. The molecule has 0 radical (unpaired) electrons. The van der Waals surface area contributed by atoms with Crippen molar-refractivity contribution in [2.45, 2.75) is 6.42 Å². The number of halogens is 1. The molecule has 9 nitrogen and oxygen atoms in total. The van der Waals surface area contributed by atoms with Gasteiger partial charge in [0.1, 0.15) is 19.8 Å². The normalized spacial score (nSPS) is 14.3. The zero-order valence-corrected chi connectivity index (χ0v) is 21.0. The Morgan fingerprint density at radius 3 is 2.29 bits per heavy atom. The van der Waals surface area contributed by atoms with E-state index in [9.17, 15) is 14.4 Å². The van der Waals surface area contributed by atoms with Crippen LogP contribution in [0.15, 0.2) is 36.4 Å². The second-order valence-corrected chi connectivity index (χ2v) is 9.41. The van der Waals surface area contributed by atoms with Gasteiger partial charge >= 0.3 is 0 Å². The third-order valence-electron chi connectivity index (χ3n) is 5.73. The summed E-state index contributed by atoms with van der Waals surface area (Å²) in [7, 11) is 3.93. The van der Waals surface area contributed by atoms with Crippen LogP contribution in [0.2, 0.25) is 0 Å². The second-order valence-electron chi connectivity index (χ2n) is 8.40. The molecule has 3 aromatic rings. The highest BCUT2D eigenvalue weighted by Crippen LogP contribution is 2.39. The first kappa shape index (κ1) is 24.9. The van der Waals surface area contributed by atoms with Crippen molar-refractivity contribution in [3.8, 4) is 11.5 Å². The fraction of sp³-hybridized carbons (Fsp3) is 0.333. The molecular formula is C24H25ClN4O5S. The molecule has 2 aromatic carbocycles. The van der Waals surface area contributed by atoms with Crippen LogP contribution in [0.4, 0.5) is 5.13 Å². The van der Waals surface area contributed by atoms with Crippen LogP contribution < -0.4 is 14.4 Å². The van der Waals surface area contributed by atoms with Crippen LogP contribution in [0.5, 0.6) is 11.5 Å². The van der Waals surface area contributed by atoms with Crippen molar-refractivity contribution in [3.05, 3.63) is 47.5 Å². The summed E-state index contributed by atoms with van der Waals surface area (Å²) in [6.45, 7) is 1.81. The maximum atomic E-state index is 13.4. The lowest BCUT2D eigenvalue weighted by Gasteiger charge is -2.23. The van der Waals surface area contributed by atoms with E-state index in [1.807, 2.05) is 31.1 Å². The summed E-state index contributed by atoms with van der Waals surface area (Å²) in [6, 6.07) is 10.3. The van der Waals surface area contributed by atoms with Gasteiger partial charge in [-0.15, -0.1) is 12.4 Å². The third kappa shape index (κ3) is 4.82. The first-order valence-electron chi connectivity index (χ1n) is 11.0. The molecule has 35 heavy (non-hydrogen) atoms. The molecule has 0 spiro atoms. The minimum atomic E-state index is -0.450. The van der Waals surface area contributed by atoms with Gasteiger partial charge in [-0.25, -0.2) is 4.98 Å². The number of carbonyl (C=O) groups is 3. The van der Waals surface area contributed by atoms with Crippen LogP contribution in [0, 0.1) is 0 Å². The molecule has 0 fully saturated rings. The lowest BCUT2D eigenvalue weighted by atomic mass is 10.1. The van der Waals surface area contributed by atoms with Crippen LogP contribution >= 0.6 is 23.7 Å². The van der Waals surface area contributed by atoms with Gasteiger partial charge in [-0.2, -0.15) is 0 Å². The highest BCUT2D eigenvalue weighted by molar-refractivity contribution is 7.22. The maximum absolute atomic E-state index is 13.4. The van der Waals surface area contributed by atoms with Gasteiger partial charge < -0.3 is 14.4 Å². The van der Waals surface area contributed by atoms with E-state index in [2.05, 4.69) is 4.98 Å². The average molecular weight is 517 g/mol. The van der Waals surface area contributed by atoms with Crippen LogP contribution in [0.1, 0.15) is 27.1 Å². The molecule has 2 aliphatic heterocycles. The molecule has 3 amide bonds. The van der Waals surface area contributed by atoms with Crippen molar-refractivity contribution >= 4 is 56.8 Å². The van der Waals surface area contributed by atoms with E-state index >= 15 is 0 Å². The van der Waals surface area contributed by atoms with Gasteiger partial charge in [0.25, 0.3) is 11.8 Å². The van der Waals surface area contributed by atoms with E-state index < -0.39 is 11.8 Å². The van der Waals surface area contributed by atoms with Crippen molar-refractivity contribution < 1.29 is 23.9 Å². The van der Waals surface area contributed by atoms with Gasteiger partial charge in [0, 0.05) is 18.7 Å². The van der Waals surface area contributed by atoms with Gasteiger partial charge in [0.15, 0.2) is 16.6 Å². The Morgan fingerprint density at radius 1 is 1.03 bits per heavy atom. The van der Waals surface area contributed by atoms with Crippen molar-refractivity contribution in [3.63, 3.8) is 0 Å². The number of ether oxygens (including phenoxy) is 2. The Balaban J connectivity index is 0.00000289. The number of nitrogens with zero attached hydrogens (tertiary/aromatic N) is 4. The number of fused-ring (bicyclic) bond motifs is 3. The van der Waals surface area contributed by atoms with E-state index in [-0.39, 0.29) is 24.9 Å². The fourth-order valence-electron chi connectivity index (χ4n) is 4.04. The Kier molecular flexibility index (Phi) is 7.25. The average Bonchev–Trinajstić information content (AvgIpc) is 3.34. The molecule has 0 bridgehead atoms. The number of anilines is 1. The van der Waals surface area contributed by atoms with Crippen molar-refractivity contribution in [1.82, 2.24) is 14.8 Å². The van der Waals surface area contributed by atoms with Crippen LogP contribution in [0.3, 0.4) is 0 Å². The minimum absolute atomic E-state index is 0. The Hall–Kier alpha value is -3.21. The number of carbonyl (C=O) groups excluding carboxylic acids is 3. The third-order valence-corrected chi connectivity index (χ3v) is 6.77. The molecule has 184 valence electrons. The maximum Gasteiger partial charge on any atom is 0.262 e. The zero-order valence-electron chi connectivity index (χ0n) is 19.4. The molecule has 0 atom stereocenters. The summed E-state index contributed by atoms with van der Waals surface area (Å²) in [4.78, 5) is 48.3. The van der Waals surface area contributed by atoms with Gasteiger partial charge in [-0.05, 0) is 39.2 Å². The number of benzene rings is 2. The lowest BCUT2D eigenvalue weighted by molar-refractivity contribution is -0.119. The number of hydrogen-bond donors (Lipinski definition) is 0. The molecular weight excluding hydrogens is 492 g/mol. The van der Waals surface area contributed by atoms with Crippen molar-refractivity contribution in [1.29, 1.82) is 0 Å². The highest BCUT2D eigenvalue weighted by atomic mass is 35.5. The Bertz CT molecular complexity index is 1220. The number of aromatic nitrogens is 1. The van der Waals surface area contributed by atoms with E-state index in [1.54, 1.807) is 29.2 Å². The Morgan fingerprint density at radius 2 is 1.66 bits per heavy atom. The molecule has 0 saturated carbocycles. The molecule has 5 rings (SSSR count). The first-order chi connectivity index (χ1) is 16.4. The topological polar surface area (TPSA) is 92.3 Å². The summed E-state index contributed by atoms with van der Waals surface area (Å²) in [5, 5.41) is 0.512. The van der Waals surface area contributed by atoms with Crippen LogP contribution in [0.25, 0.3) is 10.2 Å². The van der Waals surface area contributed by atoms with Gasteiger partial charge in [0.05, 0.1) is 21.3 Å². The molecule has 11 heteroatoms. The standard InChI is InChI=1S/C24H24N4O5S.ClH/c1-26(2)8-5-9-27(21(29)14-28-22(30)15-6-3-4-7-16(15)23(28)31)24-25-17-12-18-19(13-20(17)34-24)33-11-10-32-18;/h3-4,6-7,12-13H,5,8-11,14H2,1-2H3;1H. The minimum Gasteiger partial charge on any atom is -0.486 e. The molecule has 2 aliphatic rings. The van der Waals surface area contributed by atoms with Crippen LogP contribution in [-0.2, 0) is 4.79 Å². The zero-order chi connectivity index (χ0) is 23.8.